The van der Waals surface area contributed by atoms with Crippen LogP contribution in [0.15, 0.2) is 24.5 Å². The SMILES string of the molecule is Cc1ncccc1C(=O)On1c(C=O)cnc1C. The summed E-state index contributed by atoms with van der Waals surface area (Å²) in [6, 6.07) is 3.25. The van der Waals surface area contributed by atoms with Crippen molar-refractivity contribution in [3.63, 3.8) is 0 Å². The molecule has 0 aliphatic carbocycles. The Morgan fingerprint density at radius 3 is 2.83 bits per heavy atom. The minimum absolute atomic E-state index is 0.183. The molecule has 0 saturated carbocycles. The lowest BCUT2D eigenvalue weighted by molar-refractivity contribution is 0.0438. The first-order valence-corrected chi connectivity index (χ1v) is 5.27. The molecule has 0 aromatic carbocycles. The third kappa shape index (κ3) is 2.13. The monoisotopic (exact) mass is 245 g/mol. The molecule has 0 radical (unpaired) electrons. The molecule has 6 heteroatoms. The molecule has 2 aromatic heterocycles. The summed E-state index contributed by atoms with van der Waals surface area (Å²) in [5.41, 5.74) is 1.10. The van der Waals surface area contributed by atoms with E-state index in [-0.39, 0.29) is 5.69 Å². The minimum Gasteiger partial charge on any atom is -0.329 e. The van der Waals surface area contributed by atoms with Crippen molar-refractivity contribution in [1.29, 1.82) is 0 Å². The van der Waals surface area contributed by atoms with E-state index in [1.807, 2.05) is 0 Å². The molecule has 92 valence electrons. The first kappa shape index (κ1) is 12.0. The summed E-state index contributed by atoms with van der Waals surface area (Å²) in [6.45, 7) is 3.34. The Morgan fingerprint density at radius 2 is 2.17 bits per heavy atom. The third-order valence-electron chi connectivity index (χ3n) is 2.43. The van der Waals surface area contributed by atoms with Crippen LogP contribution in [0.1, 0.15) is 32.4 Å². The summed E-state index contributed by atoms with van der Waals surface area (Å²) in [5, 5.41) is 0. The molecule has 0 saturated heterocycles. The Balaban J connectivity index is 2.30. The van der Waals surface area contributed by atoms with Gasteiger partial charge in [0.1, 0.15) is 11.5 Å². The number of carbonyl (C=O) groups excluding carboxylic acids is 2. The van der Waals surface area contributed by atoms with Crippen molar-refractivity contribution in [2.45, 2.75) is 13.8 Å². The predicted octanol–water partition coefficient (Wildman–Crippen LogP) is 0.976. The first-order chi connectivity index (χ1) is 8.63. The highest BCUT2D eigenvalue weighted by Crippen LogP contribution is 2.06. The third-order valence-corrected chi connectivity index (χ3v) is 2.43. The highest BCUT2D eigenvalue weighted by Gasteiger charge is 2.15. The van der Waals surface area contributed by atoms with Gasteiger partial charge in [-0.05, 0) is 26.0 Å². The second-order valence-electron chi connectivity index (χ2n) is 3.66. The number of hydrogen-bond acceptors (Lipinski definition) is 5. The number of aldehydes is 1. The molecule has 0 aliphatic heterocycles. The molecule has 0 fully saturated rings. The molecular formula is C12H11N3O3. The molecule has 0 spiro atoms. The zero-order valence-electron chi connectivity index (χ0n) is 9.95. The Labute approximate surface area is 103 Å². The van der Waals surface area contributed by atoms with Crippen LogP contribution in [0.4, 0.5) is 0 Å². The topological polar surface area (TPSA) is 74.1 Å². The Bertz CT molecular complexity index is 604. The number of aromatic nitrogens is 3. The number of aryl methyl sites for hydroxylation is 2. The lowest BCUT2D eigenvalue weighted by Crippen LogP contribution is -2.23. The van der Waals surface area contributed by atoms with Gasteiger partial charge >= 0.3 is 5.97 Å². The standard InChI is InChI=1S/C12H11N3O3/c1-8-11(4-3-5-13-8)12(17)18-15-9(2)14-6-10(15)7-16/h3-7H,1-2H3. The molecule has 0 aliphatic rings. The maximum atomic E-state index is 11.9. The van der Waals surface area contributed by atoms with E-state index in [1.165, 1.54) is 6.20 Å². The number of pyridine rings is 1. The molecule has 2 aromatic rings. The molecule has 2 heterocycles. The fraction of sp³-hybridized carbons (Fsp3) is 0.167. The van der Waals surface area contributed by atoms with Crippen LogP contribution >= 0.6 is 0 Å². The second-order valence-corrected chi connectivity index (χ2v) is 3.66. The van der Waals surface area contributed by atoms with Crippen molar-refractivity contribution >= 4 is 12.3 Å². The van der Waals surface area contributed by atoms with Gasteiger partial charge in [0.2, 0.25) is 0 Å². The van der Waals surface area contributed by atoms with Gasteiger partial charge in [0, 0.05) is 6.20 Å². The smallest absolute Gasteiger partial charge is 0.329 e. The van der Waals surface area contributed by atoms with Crippen molar-refractivity contribution < 1.29 is 14.4 Å². The molecule has 0 amide bonds. The van der Waals surface area contributed by atoms with Crippen molar-refractivity contribution in [2.24, 2.45) is 0 Å². The van der Waals surface area contributed by atoms with E-state index >= 15 is 0 Å². The van der Waals surface area contributed by atoms with Crippen LogP contribution in [0, 0.1) is 13.8 Å². The lowest BCUT2D eigenvalue weighted by Gasteiger charge is -2.08. The van der Waals surface area contributed by atoms with Crippen LogP contribution in [0.2, 0.25) is 0 Å². The van der Waals surface area contributed by atoms with E-state index in [9.17, 15) is 9.59 Å². The van der Waals surface area contributed by atoms with E-state index < -0.39 is 5.97 Å². The normalized spacial score (nSPS) is 10.1. The van der Waals surface area contributed by atoms with Gasteiger partial charge in [-0.2, -0.15) is 4.73 Å². The van der Waals surface area contributed by atoms with Crippen LogP contribution in [0.25, 0.3) is 0 Å². The van der Waals surface area contributed by atoms with E-state index in [2.05, 4.69) is 9.97 Å². The minimum atomic E-state index is -0.579. The van der Waals surface area contributed by atoms with Crippen LogP contribution in [-0.2, 0) is 0 Å². The van der Waals surface area contributed by atoms with E-state index in [4.69, 9.17) is 4.84 Å². The number of hydrogen-bond donors (Lipinski definition) is 0. The maximum absolute atomic E-state index is 11.9. The van der Waals surface area contributed by atoms with Gasteiger partial charge in [-0.3, -0.25) is 9.78 Å². The first-order valence-electron chi connectivity index (χ1n) is 5.27. The van der Waals surface area contributed by atoms with Gasteiger partial charge < -0.3 is 4.84 Å². The summed E-state index contributed by atoms with van der Waals surface area (Å²) in [5.74, 6) is -0.156. The summed E-state index contributed by atoms with van der Waals surface area (Å²) in [4.78, 5) is 35.7. The molecule has 0 bridgehead atoms. The van der Waals surface area contributed by atoms with Crippen molar-refractivity contribution in [2.75, 3.05) is 0 Å². The fourth-order valence-electron chi connectivity index (χ4n) is 1.48. The number of imidazole rings is 1. The Morgan fingerprint density at radius 1 is 1.39 bits per heavy atom. The van der Waals surface area contributed by atoms with Gasteiger partial charge in [0.05, 0.1) is 17.5 Å². The van der Waals surface area contributed by atoms with Crippen LogP contribution in [0.3, 0.4) is 0 Å². The number of carbonyl (C=O) groups is 2. The van der Waals surface area contributed by atoms with Crippen LogP contribution < -0.4 is 4.84 Å². The Hall–Kier alpha value is -2.50. The zero-order chi connectivity index (χ0) is 13.1. The maximum Gasteiger partial charge on any atom is 0.365 e. The highest BCUT2D eigenvalue weighted by molar-refractivity contribution is 5.90. The lowest BCUT2D eigenvalue weighted by atomic mass is 10.2. The predicted molar refractivity (Wildman–Crippen MR) is 62.2 cm³/mol. The van der Waals surface area contributed by atoms with Gasteiger partial charge in [-0.15, -0.1) is 0 Å². The molecule has 0 atom stereocenters. The molecule has 0 unspecified atom stereocenters. The zero-order valence-corrected chi connectivity index (χ0v) is 9.95. The van der Waals surface area contributed by atoms with Crippen molar-refractivity contribution in [1.82, 2.24) is 14.7 Å². The average Bonchev–Trinajstić information content (AvgIpc) is 2.71. The summed E-state index contributed by atoms with van der Waals surface area (Å²) < 4.78 is 1.10. The number of rotatable bonds is 3. The summed E-state index contributed by atoms with van der Waals surface area (Å²) in [7, 11) is 0. The van der Waals surface area contributed by atoms with Gasteiger partial charge in [0.15, 0.2) is 6.29 Å². The Kier molecular flexibility index (Phi) is 3.18. The van der Waals surface area contributed by atoms with E-state index in [1.54, 1.807) is 32.2 Å². The summed E-state index contributed by atoms with van der Waals surface area (Å²) >= 11 is 0. The van der Waals surface area contributed by atoms with Crippen molar-refractivity contribution in [3.8, 4) is 0 Å². The molecule has 6 nitrogen and oxygen atoms in total. The molecule has 2 rings (SSSR count). The number of nitrogens with zero attached hydrogens (tertiary/aromatic N) is 3. The van der Waals surface area contributed by atoms with Crippen LogP contribution in [-0.4, -0.2) is 27.0 Å². The van der Waals surface area contributed by atoms with Gasteiger partial charge in [0.25, 0.3) is 0 Å². The van der Waals surface area contributed by atoms with Gasteiger partial charge in [-0.25, -0.2) is 9.78 Å². The summed E-state index contributed by atoms with van der Waals surface area (Å²) in [6.07, 6.45) is 3.50. The van der Waals surface area contributed by atoms with E-state index in [0.717, 1.165) is 4.73 Å². The molecule has 18 heavy (non-hydrogen) atoms. The van der Waals surface area contributed by atoms with E-state index in [0.29, 0.717) is 23.4 Å². The molecule has 0 N–H and O–H groups in total. The second kappa shape index (κ2) is 4.79. The molecular weight excluding hydrogens is 234 g/mol. The van der Waals surface area contributed by atoms with Crippen molar-refractivity contribution in [3.05, 3.63) is 47.3 Å². The quantitative estimate of drug-likeness (QED) is 0.753. The average molecular weight is 245 g/mol. The highest BCUT2D eigenvalue weighted by atomic mass is 16.7. The fourth-order valence-corrected chi connectivity index (χ4v) is 1.48. The van der Waals surface area contributed by atoms with Gasteiger partial charge in [-0.1, -0.05) is 0 Å². The largest absolute Gasteiger partial charge is 0.365 e. The van der Waals surface area contributed by atoms with Crippen LogP contribution in [0.5, 0.6) is 0 Å².